The van der Waals surface area contributed by atoms with Crippen LogP contribution in [0.1, 0.15) is 17.3 Å². The number of carbonyl (C=O) groups is 1. The third kappa shape index (κ3) is 3.67. The van der Waals surface area contributed by atoms with Gasteiger partial charge in [0.25, 0.3) is 0 Å². The summed E-state index contributed by atoms with van der Waals surface area (Å²) in [5.74, 6) is -6.50. The molecule has 0 spiro atoms. The lowest BCUT2D eigenvalue weighted by Crippen LogP contribution is -2.61. The Balaban J connectivity index is 1.97. The van der Waals surface area contributed by atoms with Gasteiger partial charge in [-0.15, -0.1) is 0 Å². The van der Waals surface area contributed by atoms with E-state index in [1.54, 1.807) is 6.92 Å². The Kier molecular flexibility index (Phi) is 5.83. The number of nitrogens with zero attached hydrogens (tertiary/aromatic N) is 5. The molecule has 0 amide bonds. The van der Waals surface area contributed by atoms with Gasteiger partial charge in [-0.25, -0.2) is 27.9 Å². The first-order valence-electron chi connectivity index (χ1n) is 9.94. The average molecular weight is 477 g/mol. The van der Waals surface area contributed by atoms with Crippen LogP contribution in [0.25, 0.3) is 16.9 Å². The topological polar surface area (TPSA) is 162 Å². The molecule has 1 saturated heterocycles. The van der Waals surface area contributed by atoms with Crippen molar-refractivity contribution in [3.05, 3.63) is 51.6 Å². The third-order valence-electron chi connectivity index (χ3n) is 5.21. The number of pyridine rings is 3. The van der Waals surface area contributed by atoms with Crippen molar-refractivity contribution in [3.8, 4) is 5.82 Å². The number of nitrogen functional groups attached to an aromatic ring is 1. The van der Waals surface area contributed by atoms with Crippen molar-refractivity contribution in [3.63, 3.8) is 0 Å². The Hall–Kier alpha value is -4.20. The zero-order chi connectivity index (χ0) is 24.7. The fourth-order valence-electron chi connectivity index (χ4n) is 3.55. The molecule has 1 aliphatic heterocycles. The largest absolute Gasteiger partial charge is 0.477 e. The molecule has 0 aliphatic carbocycles. The lowest BCUT2D eigenvalue weighted by Gasteiger charge is -2.42. The molecule has 5 N–H and O–H groups in total. The zero-order valence-corrected chi connectivity index (χ0v) is 17.6. The maximum atomic E-state index is 15.1. The summed E-state index contributed by atoms with van der Waals surface area (Å²) in [7, 11) is 0. The molecule has 0 unspecified atom stereocenters. The van der Waals surface area contributed by atoms with Crippen LogP contribution in [-0.2, 0) is 4.84 Å². The van der Waals surface area contributed by atoms with Gasteiger partial charge in [0.2, 0.25) is 5.43 Å². The number of carboxylic acid groups (broad SMARTS) is 1. The molecule has 4 heterocycles. The Bertz CT molecular complexity index is 1410. The lowest BCUT2D eigenvalue weighted by atomic mass is 10.0. The molecular formula is C20H18F3N7O4. The summed E-state index contributed by atoms with van der Waals surface area (Å²) in [6.45, 7) is 2.22. The van der Waals surface area contributed by atoms with Crippen LogP contribution < -0.4 is 21.8 Å². The molecule has 178 valence electrons. The molecule has 0 saturated carbocycles. The van der Waals surface area contributed by atoms with Crippen LogP contribution in [0.4, 0.5) is 24.8 Å². The minimum Gasteiger partial charge on any atom is -0.477 e. The summed E-state index contributed by atoms with van der Waals surface area (Å²) in [6.07, 6.45) is 0.767. The van der Waals surface area contributed by atoms with Crippen LogP contribution in [-0.4, -0.2) is 57.1 Å². The number of rotatable bonds is 6. The number of carboxylic acids is 1. The summed E-state index contributed by atoms with van der Waals surface area (Å²) in [5.41, 5.74) is 9.59. The maximum Gasteiger partial charge on any atom is 0.341 e. The highest BCUT2D eigenvalue weighted by molar-refractivity contribution is 6.03. The van der Waals surface area contributed by atoms with E-state index in [4.69, 9.17) is 16.3 Å². The molecule has 3 aromatic heterocycles. The predicted octanol–water partition coefficient (Wildman–Crippen LogP) is 1.02. The second kappa shape index (κ2) is 8.62. The second-order valence-corrected chi connectivity index (χ2v) is 7.25. The van der Waals surface area contributed by atoms with Crippen molar-refractivity contribution in [1.29, 1.82) is 0 Å². The van der Waals surface area contributed by atoms with E-state index in [0.717, 1.165) is 16.8 Å². The van der Waals surface area contributed by atoms with E-state index >= 15 is 4.39 Å². The van der Waals surface area contributed by atoms with Gasteiger partial charge in [0.05, 0.1) is 18.0 Å². The quantitative estimate of drug-likeness (QED) is 0.440. The molecule has 34 heavy (non-hydrogen) atoms. The number of aromatic nitrogens is 3. The highest BCUT2D eigenvalue weighted by Gasteiger charge is 2.38. The summed E-state index contributed by atoms with van der Waals surface area (Å²) in [4.78, 5) is 38.6. The number of hydrogen-bond acceptors (Lipinski definition) is 9. The van der Waals surface area contributed by atoms with Crippen LogP contribution >= 0.6 is 0 Å². The van der Waals surface area contributed by atoms with Crippen molar-refractivity contribution in [1.82, 2.24) is 14.5 Å². The van der Waals surface area contributed by atoms with Crippen molar-refractivity contribution >= 4 is 34.4 Å². The van der Waals surface area contributed by atoms with Crippen LogP contribution in [0.15, 0.2) is 28.3 Å². The van der Waals surface area contributed by atoms with Crippen molar-refractivity contribution in [2.75, 3.05) is 30.3 Å². The molecule has 0 radical (unpaired) electrons. The van der Waals surface area contributed by atoms with Gasteiger partial charge in [-0.2, -0.15) is 0 Å². The predicted molar refractivity (Wildman–Crippen MR) is 116 cm³/mol. The van der Waals surface area contributed by atoms with E-state index in [2.05, 4.69) is 15.1 Å². The van der Waals surface area contributed by atoms with Crippen molar-refractivity contribution in [2.45, 2.75) is 13.0 Å². The van der Waals surface area contributed by atoms with E-state index in [1.165, 1.54) is 4.90 Å². The summed E-state index contributed by atoms with van der Waals surface area (Å²) in [5, 5.41) is 12.9. The lowest BCUT2D eigenvalue weighted by molar-refractivity contribution is 0.0695. The van der Waals surface area contributed by atoms with Crippen LogP contribution in [0.2, 0.25) is 0 Å². The molecular weight excluding hydrogens is 459 g/mol. The normalized spacial score (nSPS) is 16.7. The van der Waals surface area contributed by atoms with E-state index < -0.39 is 57.5 Å². The smallest absolute Gasteiger partial charge is 0.341 e. The SMILES string of the molecule is CCO/N=C1\CN(c2nc3c(cc2F)c(=O)c(C(=O)O)cn3-c2nc(N)c(F)cc2F)[C@H]1CN. The van der Waals surface area contributed by atoms with Gasteiger partial charge < -0.3 is 26.3 Å². The van der Waals surface area contributed by atoms with Gasteiger partial charge in [0.15, 0.2) is 40.6 Å². The van der Waals surface area contributed by atoms with Gasteiger partial charge in [0.1, 0.15) is 17.9 Å². The van der Waals surface area contributed by atoms with Gasteiger partial charge in [-0.3, -0.25) is 9.36 Å². The van der Waals surface area contributed by atoms with E-state index in [-0.39, 0.29) is 24.6 Å². The molecule has 3 aromatic rings. The van der Waals surface area contributed by atoms with Crippen LogP contribution in [0.3, 0.4) is 0 Å². The average Bonchev–Trinajstić information content (AvgIpc) is 2.77. The maximum absolute atomic E-state index is 15.1. The highest BCUT2D eigenvalue weighted by Crippen LogP contribution is 2.29. The number of nitrogens with two attached hydrogens (primary N) is 2. The minimum absolute atomic E-state index is 0.0422. The Morgan fingerprint density at radius 1 is 1.24 bits per heavy atom. The first-order valence-corrected chi connectivity index (χ1v) is 9.94. The standard InChI is InChI=1S/C20H18F3N7O4/c1-2-34-28-13-7-29(14(13)5-24)19-11(22)3-8-15(31)9(20(32)33)6-30(17(8)27-19)18-12(23)4-10(21)16(25)26-18/h3-4,6,14H,2,5,7,24H2,1H3,(H2,25,26)(H,32,33)/b28-13+/t14-/m0/s1. The Morgan fingerprint density at radius 2 is 1.94 bits per heavy atom. The monoisotopic (exact) mass is 477 g/mol. The molecule has 0 bridgehead atoms. The fourth-order valence-corrected chi connectivity index (χ4v) is 3.55. The summed E-state index contributed by atoms with van der Waals surface area (Å²) in [6, 6.07) is 0.683. The van der Waals surface area contributed by atoms with E-state index in [1.807, 2.05) is 0 Å². The minimum atomic E-state index is -1.65. The molecule has 0 aromatic carbocycles. The number of hydrogen-bond donors (Lipinski definition) is 3. The molecule has 1 fully saturated rings. The number of anilines is 2. The number of aromatic carboxylic acids is 1. The second-order valence-electron chi connectivity index (χ2n) is 7.25. The Labute approximate surface area is 189 Å². The molecule has 11 nitrogen and oxygen atoms in total. The summed E-state index contributed by atoms with van der Waals surface area (Å²) >= 11 is 0. The first-order chi connectivity index (χ1) is 16.2. The van der Waals surface area contributed by atoms with Crippen molar-refractivity contribution in [2.24, 2.45) is 10.9 Å². The molecule has 1 aliphatic rings. The van der Waals surface area contributed by atoms with Crippen molar-refractivity contribution < 1.29 is 27.9 Å². The Morgan fingerprint density at radius 3 is 2.59 bits per heavy atom. The first kappa shape index (κ1) is 23.0. The van der Waals surface area contributed by atoms with Gasteiger partial charge in [-0.1, -0.05) is 5.16 Å². The zero-order valence-electron chi connectivity index (χ0n) is 17.6. The number of halogens is 3. The van der Waals surface area contributed by atoms with E-state index in [9.17, 15) is 23.5 Å². The van der Waals surface area contributed by atoms with Gasteiger partial charge >= 0.3 is 5.97 Å². The molecule has 1 atom stereocenters. The molecule has 4 rings (SSSR count). The molecule has 14 heteroatoms. The van der Waals surface area contributed by atoms with E-state index in [0.29, 0.717) is 18.4 Å². The van der Waals surface area contributed by atoms with Crippen LogP contribution in [0, 0.1) is 17.5 Å². The highest BCUT2D eigenvalue weighted by atomic mass is 19.1. The number of fused-ring (bicyclic) bond motifs is 1. The van der Waals surface area contributed by atoms with Gasteiger partial charge in [0, 0.05) is 18.8 Å². The van der Waals surface area contributed by atoms with Gasteiger partial charge in [-0.05, 0) is 13.0 Å². The third-order valence-corrected chi connectivity index (χ3v) is 5.21. The fraction of sp³-hybridized carbons (Fsp3) is 0.250. The number of oxime groups is 1. The summed E-state index contributed by atoms with van der Waals surface area (Å²) < 4.78 is 44.1. The van der Waals surface area contributed by atoms with Crippen LogP contribution in [0.5, 0.6) is 0 Å².